The molecule has 0 unspecified atom stereocenters. The van der Waals surface area contributed by atoms with Crippen LogP contribution in [-0.2, 0) is 12.8 Å². The number of carbonyl (C=O) groups excluding carboxylic acids is 1. The number of hydrogen-bond donors (Lipinski definition) is 0. The SMILES string of the molecule is C=C.C=C(C)CCc1ccc(C(=O)c2ccccc2)cc1.C=C(C1=CCCC=C1)c1ccc(CCC)cc1.CC.CCC.CCCCC(C)C. The predicted molar refractivity (Wildman–Crippen MR) is 228 cm³/mol. The summed E-state index contributed by atoms with van der Waals surface area (Å²) in [6.07, 6.45) is 18.7. The van der Waals surface area contributed by atoms with Crippen LogP contribution in [0.15, 0.2) is 135 Å². The molecule has 0 radical (unpaired) electrons. The van der Waals surface area contributed by atoms with Crippen LogP contribution in [0, 0.1) is 5.92 Å². The Balaban J connectivity index is 0. The molecule has 3 aromatic rings. The Labute approximate surface area is 310 Å². The number of ketones is 1. The summed E-state index contributed by atoms with van der Waals surface area (Å²) in [5, 5.41) is 0. The summed E-state index contributed by atoms with van der Waals surface area (Å²) in [4.78, 5) is 12.2. The van der Waals surface area contributed by atoms with E-state index in [1.54, 1.807) is 0 Å². The highest BCUT2D eigenvalue weighted by Crippen LogP contribution is 2.26. The van der Waals surface area contributed by atoms with Crippen LogP contribution in [0.4, 0.5) is 0 Å². The van der Waals surface area contributed by atoms with Gasteiger partial charge >= 0.3 is 0 Å². The minimum atomic E-state index is 0.0760. The molecular formula is C49H72O. The fourth-order valence-electron chi connectivity index (χ4n) is 4.71. The molecule has 1 nitrogen and oxygen atoms in total. The first kappa shape index (κ1) is 48.1. The van der Waals surface area contributed by atoms with Gasteiger partial charge in [-0.25, -0.2) is 0 Å². The molecule has 0 atom stereocenters. The average Bonchev–Trinajstić information content (AvgIpc) is 3.16. The summed E-state index contributed by atoms with van der Waals surface area (Å²) in [7, 11) is 0. The molecule has 0 saturated heterocycles. The topological polar surface area (TPSA) is 17.1 Å². The van der Waals surface area contributed by atoms with E-state index in [1.165, 1.54) is 59.9 Å². The van der Waals surface area contributed by atoms with Gasteiger partial charge in [0.15, 0.2) is 5.78 Å². The van der Waals surface area contributed by atoms with Crippen LogP contribution in [0.1, 0.15) is 146 Å². The molecule has 0 aliphatic heterocycles. The van der Waals surface area contributed by atoms with Gasteiger partial charge in [-0.3, -0.25) is 4.79 Å². The summed E-state index contributed by atoms with van der Waals surface area (Å²) in [6.45, 7) is 33.4. The highest BCUT2D eigenvalue weighted by atomic mass is 16.1. The number of rotatable bonds is 12. The molecule has 3 aromatic carbocycles. The van der Waals surface area contributed by atoms with E-state index in [4.69, 9.17) is 0 Å². The van der Waals surface area contributed by atoms with Crippen molar-refractivity contribution in [3.63, 3.8) is 0 Å². The first-order valence-electron chi connectivity index (χ1n) is 19.1. The molecule has 0 aromatic heterocycles. The zero-order valence-electron chi connectivity index (χ0n) is 33.6. The molecule has 0 amide bonds. The Morgan fingerprint density at radius 1 is 0.700 bits per heavy atom. The van der Waals surface area contributed by atoms with Gasteiger partial charge in [0, 0.05) is 11.1 Å². The van der Waals surface area contributed by atoms with Crippen molar-refractivity contribution in [3.8, 4) is 0 Å². The lowest BCUT2D eigenvalue weighted by Gasteiger charge is -2.11. The number of aryl methyl sites for hydroxylation is 2. The molecule has 0 N–H and O–H groups in total. The number of unbranched alkanes of at least 4 members (excludes halogenated alkanes) is 1. The number of hydrogen-bond acceptors (Lipinski definition) is 1. The Morgan fingerprint density at radius 3 is 1.62 bits per heavy atom. The maximum atomic E-state index is 12.2. The van der Waals surface area contributed by atoms with Crippen LogP contribution in [0.5, 0.6) is 0 Å². The first-order valence-corrected chi connectivity index (χ1v) is 19.1. The molecule has 274 valence electrons. The molecule has 1 aliphatic rings. The Hall–Kier alpha value is -3.97. The molecule has 50 heavy (non-hydrogen) atoms. The van der Waals surface area contributed by atoms with Crippen molar-refractivity contribution in [1.82, 2.24) is 0 Å². The second-order valence-electron chi connectivity index (χ2n) is 12.7. The van der Waals surface area contributed by atoms with Crippen molar-refractivity contribution in [1.29, 1.82) is 0 Å². The van der Waals surface area contributed by atoms with E-state index in [0.29, 0.717) is 0 Å². The van der Waals surface area contributed by atoms with Gasteiger partial charge in [0.1, 0.15) is 0 Å². The lowest BCUT2D eigenvalue weighted by Crippen LogP contribution is -2.01. The Kier molecular flexibility index (Phi) is 31.1. The summed E-state index contributed by atoms with van der Waals surface area (Å²) >= 11 is 0. The van der Waals surface area contributed by atoms with Crippen molar-refractivity contribution >= 4 is 11.4 Å². The standard InChI is InChI=1S/C18H18O.C17H20.C7H16.C3H8.C2H6.C2H4/c1-14(2)8-9-15-10-12-17(13-11-15)18(19)16-6-4-3-5-7-16;1-3-7-15-10-12-17(13-11-15)14(2)16-8-5-4-6-9-16;1-4-5-6-7(2)3;1-3-2;2*1-2/h3-7,10-13H,1,8-9H2,2H3;5,8-13H,2-4,6-7H2,1H3;7H,4-6H2,1-3H3;3H2,1-2H3;1-2H3;1-2H2. The van der Waals surface area contributed by atoms with Crippen LogP contribution < -0.4 is 0 Å². The zero-order chi connectivity index (χ0) is 38.2. The molecule has 1 heteroatoms. The smallest absolute Gasteiger partial charge is 0.193 e. The maximum absolute atomic E-state index is 12.2. The third-order valence-corrected chi connectivity index (χ3v) is 7.41. The lowest BCUT2D eigenvalue weighted by atomic mass is 9.94. The van der Waals surface area contributed by atoms with Crippen molar-refractivity contribution in [2.45, 2.75) is 127 Å². The third-order valence-electron chi connectivity index (χ3n) is 7.41. The molecule has 0 bridgehead atoms. The van der Waals surface area contributed by atoms with E-state index >= 15 is 0 Å². The van der Waals surface area contributed by atoms with Gasteiger partial charge in [-0.1, -0.05) is 197 Å². The van der Waals surface area contributed by atoms with Crippen LogP contribution in [-0.4, -0.2) is 5.78 Å². The molecule has 0 saturated carbocycles. The molecule has 0 spiro atoms. The van der Waals surface area contributed by atoms with Crippen LogP contribution in [0.2, 0.25) is 0 Å². The number of allylic oxidation sites excluding steroid dienone is 6. The first-order chi connectivity index (χ1) is 24.2. The Morgan fingerprint density at radius 2 is 1.20 bits per heavy atom. The summed E-state index contributed by atoms with van der Waals surface area (Å²) in [5.74, 6) is 0.979. The highest BCUT2D eigenvalue weighted by molar-refractivity contribution is 6.08. The lowest BCUT2D eigenvalue weighted by molar-refractivity contribution is 0.103. The van der Waals surface area contributed by atoms with Crippen LogP contribution >= 0.6 is 0 Å². The van der Waals surface area contributed by atoms with Crippen molar-refractivity contribution in [2.75, 3.05) is 0 Å². The largest absolute Gasteiger partial charge is 0.289 e. The predicted octanol–water partition coefficient (Wildman–Crippen LogP) is 15.4. The fourth-order valence-corrected chi connectivity index (χ4v) is 4.71. The number of benzene rings is 3. The van der Waals surface area contributed by atoms with E-state index < -0.39 is 0 Å². The molecule has 0 heterocycles. The van der Waals surface area contributed by atoms with Gasteiger partial charge in [0.25, 0.3) is 0 Å². The average molecular weight is 677 g/mol. The summed E-state index contributed by atoms with van der Waals surface area (Å²) < 4.78 is 0. The third kappa shape index (κ3) is 22.6. The van der Waals surface area contributed by atoms with E-state index in [2.05, 4.69) is 110 Å². The van der Waals surface area contributed by atoms with Crippen molar-refractivity contribution in [2.24, 2.45) is 5.92 Å². The zero-order valence-corrected chi connectivity index (χ0v) is 33.6. The Bertz CT molecular complexity index is 1330. The maximum Gasteiger partial charge on any atom is 0.193 e. The van der Waals surface area contributed by atoms with Gasteiger partial charge in [0.2, 0.25) is 0 Å². The van der Waals surface area contributed by atoms with E-state index in [0.717, 1.165) is 54.7 Å². The highest BCUT2D eigenvalue weighted by Gasteiger charge is 2.08. The van der Waals surface area contributed by atoms with E-state index in [9.17, 15) is 4.79 Å². The van der Waals surface area contributed by atoms with Crippen LogP contribution in [0.25, 0.3) is 5.57 Å². The molecule has 4 rings (SSSR count). The van der Waals surface area contributed by atoms with Gasteiger partial charge in [0.05, 0.1) is 0 Å². The van der Waals surface area contributed by atoms with Gasteiger partial charge in [-0.2, -0.15) is 0 Å². The fraction of sp³-hybridized carbons (Fsp3) is 0.408. The minimum Gasteiger partial charge on any atom is -0.289 e. The van der Waals surface area contributed by atoms with Crippen LogP contribution in [0.3, 0.4) is 0 Å². The summed E-state index contributed by atoms with van der Waals surface area (Å²) in [5.41, 5.74) is 8.97. The molecule has 0 fully saturated rings. The quantitative estimate of drug-likeness (QED) is 0.138. The second kappa shape index (κ2) is 32.2. The van der Waals surface area contributed by atoms with E-state index in [1.807, 2.05) is 75.4 Å². The van der Waals surface area contributed by atoms with Crippen molar-refractivity contribution in [3.05, 3.63) is 162 Å². The summed E-state index contributed by atoms with van der Waals surface area (Å²) in [6, 6.07) is 26.1. The number of carbonyl (C=O) groups is 1. The second-order valence-corrected chi connectivity index (χ2v) is 12.7. The minimum absolute atomic E-state index is 0.0760. The monoisotopic (exact) mass is 677 g/mol. The normalized spacial score (nSPS) is 10.8. The molecule has 1 aliphatic carbocycles. The van der Waals surface area contributed by atoms with Gasteiger partial charge in [-0.15, -0.1) is 19.7 Å². The van der Waals surface area contributed by atoms with Gasteiger partial charge < -0.3 is 0 Å². The van der Waals surface area contributed by atoms with Gasteiger partial charge in [-0.05, 0) is 72.8 Å². The van der Waals surface area contributed by atoms with E-state index in [-0.39, 0.29) is 5.78 Å². The molecular weight excluding hydrogens is 605 g/mol. The van der Waals surface area contributed by atoms with Crippen molar-refractivity contribution < 1.29 is 4.79 Å².